The molecule has 5 nitrogen and oxygen atoms in total. The molecule has 8 heteroatoms. The first-order valence-electron chi connectivity index (χ1n) is 6.91. The van der Waals surface area contributed by atoms with Crippen LogP contribution in [0.1, 0.15) is 11.3 Å². The number of nitrogens with one attached hydrogen (secondary N) is 1. The van der Waals surface area contributed by atoms with Gasteiger partial charge in [-0.2, -0.15) is 13.9 Å². The van der Waals surface area contributed by atoms with Gasteiger partial charge in [0.25, 0.3) is 0 Å². The van der Waals surface area contributed by atoms with Gasteiger partial charge in [0.1, 0.15) is 5.75 Å². The zero-order valence-corrected chi connectivity index (χ0v) is 13.9. The summed E-state index contributed by atoms with van der Waals surface area (Å²) >= 11 is 5.31. The maximum atomic E-state index is 12.5. The minimum atomic E-state index is -2.89. The van der Waals surface area contributed by atoms with Crippen LogP contribution in [0.2, 0.25) is 0 Å². The fraction of sp³-hybridized carbons (Fsp3) is 0.333. The van der Waals surface area contributed by atoms with E-state index in [2.05, 4.69) is 15.2 Å². The van der Waals surface area contributed by atoms with Gasteiger partial charge in [0.15, 0.2) is 5.11 Å². The first kappa shape index (κ1) is 17.1. The van der Waals surface area contributed by atoms with Gasteiger partial charge < -0.3 is 15.0 Å². The van der Waals surface area contributed by atoms with Gasteiger partial charge in [0, 0.05) is 20.3 Å². The molecule has 0 atom stereocenters. The highest BCUT2D eigenvalue weighted by Crippen LogP contribution is 2.27. The molecular formula is C15H18F2N4OS. The molecule has 0 saturated heterocycles. The number of aryl methyl sites for hydroxylation is 2. The molecule has 0 aliphatic carbocycles. The fourth-order valence-electron chi connectivity index (χ4n) is 2.00. The molecule has 0 fully saturated rings. The van der Waals surface area contributed by atoms with Gasteiger partial charge in [0.2, 0.25) is 0 Å². The molecule has 1 aromatic carbocycles. The quantitative estimate of drug-likeness (QED) is 0.847. The minimum Gasteiger partial charge on any atom is -0.433 e. The number of rotatable bonds is 5. The molecule has 1 N–H and O–H groups in total. The van der Waals surface area contributed by atoms with Crippen molar-refractivity contribution in [1.29, 1.82) is 0 Å². The Morgan fingerprint density at radius 1 is 1.43 bits per heavy atom. The SMILES string of the molecule is Cc1ccc(NC(=S)N(C)Cc2ccn(C)n2)c(OC(F)F)c1. The van der Waals surface area contributed by atoms with Crippen LogP contribution in [0.5, 0.6) is 5.75 Å². The van der Waals surface area contributed by atoms with Crippen molar-refractivity contribution in [3.63, 3.8) is 0 Å². The number of hydrogen-bond donors (Lipinski definition) is 1. The highest BCUT2D eigenvalue weighted by molar-refractivity contribution is 7.80. The number of benzene rings is 1. The number of halogens is 2. The average Bonchev–Trinajstić information content (AvgIpc) is 2.86. The van der Waals surface area contributed by atoms with E-state index >= 15 is 0 Å². The zero-order valence-electron chi connectivity index (χ0n) is 13.1. The molecule has 1 aromatic heterocycles. The zero-order chi connectivity index (χ0) is 17.0. The van der Waals surface area contributed by atoms with Gasteiger partial charge in [-0.1, -0.05) is 6.07 Å². The lowest BCUT2D eigenvalue weighted by molar-refractivity contribution is -0.0493. The third-order valence-electron chi connectivity index (χ3n) is 3.11. The van der Waals surface area contributed by atoms with Crippen LogP contribution >= 0.6 is 12.2 Å². The molecule has 0 aliphatic heterocycles. The topological polar surface area (TPSA) is 42.3 Å². The normalized spacial score (nSPS) is 10.7. The van der Waals surface area contributed by atoms with Gasteiger partial charge in [-0.15, -0.1) is 0 Å². The molecule has 0 aliphatic rings. The maximum Gasteiger partial charge on any atom is 0.387 e. The van der Waals surface area contributed by atoms with E-state index in [1.54, 1.807) is 35.7 Å². The van der Waals surface area contributed by atoms with E-state index in [4.69, 9.17) is 12.2 Å². The third-order valence-corrected chi connectivity index (χ3v) is 3.52. The van der Waals surface area contributed by atoms with Gasteiger partial charge in [0.05, 0.1) is 17.9 Å². The molecule has 1 heterocycles. The predicted molar refractivity (Wildman–Crippen MR) is 88.7 cm³/mol. The van der Waals surface area contributed by atoms with Crippen molar-refractivity contribution in [2.75, 3.05) is 12.4 Å². The fourth-order valence-corrected chi connectivity index (χ4v) is 2.17. The van der Waals surface area contributed by atoms with E-state index in [1.165, 1.54) is 6.07 Å². The van der Waals surface area contributed by atoms with E-state index in [0.717, 1.165) is 11.3 Å². The van der Waals surface area contributed by atoms with Crippen molar-refractivity contribution in [1.82, 2.24) is 14.7 Å². The number of ether oxygens (including phenoxy) is 1. The van der Waals surface area contributed by atoms with Crippen LogP contribution in [0.4, 0.5) is 14.5 Å². The van der Waals surface area contributed by atoms with Gasteiger partial charge in [-0.3, -0.25) is 4.68 Å². The summed E-state index contributed by atoms with van der Waals surface area (Å²) in [5.74, 6) is 0.0635. The summed E-state index contributed by atoms with van der Waals surface area (Å²) in [4.78, 5) is 1.77. The average molecular weight is 340 g/mol. The Kier molecular flexibility index (Phi) is 5.49. The largest absolute Gasteiger partial charge is 0.433 e. The van der Waals surface area contributed by atoms with E-state index in [0.29, 0.717) is 17.3 Å². The van der Waals surface area contributed by atoms with E-state index in [1.807, 2.05) is 19.3 Å². The molecule has 2 rings (SSSR count). The number of hydrogen-bond acceptors (Lipinski definition) is 3. The molecule has 0 amide bonds. The molecule has 0 unspecified atom stereocenters. The number of anilines is 1. The minimum absolute atomic E-state index is 0.0635. The van der Waals surface area contributed by atoms with Crippen molar-refractivity contribution in [2.24, 2.45) is 7.05 Å². The van der Waals surface area contributed by atoms with Crippen LogP contribution in [-0.4, -0.2) is 33.5 Å². The molecule has 0 saturated carbocycles. The molecule has 0 radical (unpaired) electrons. The Morgan fingerprint density at radius 3 is 2.78 bits per heavy atom. The van der Waals surface area contributed by atoms with Crippen LogP contribution < -0.4 is 10.1 Å². The Balaban J connectivity index is 2.07. The lowest BCUT2D eigenvalue weighted by atomic mass is 10.2. The molecule has 2 aromatic rings. The van der Waals surface area contributed by atoms with E-state index in [9.17, 15) is 8.78 Å². The summed E-state index contributed by atoms with van der Waals surface area (Å²) in [6.45, 7) is -0.589. The van der Waals surface area contributed by atoms with E-state index in [-0.39, 0.29) is 5.75 Å². The first-order valence-corrected chi connectivity index (χ1v) is 7.32. The van der Waals surface area contributed by atoms with Crippen LogP contribution in [0.15, 0.2) is 30.5 Å². The highest BCUT2D eigenvalue weighted by Gasteiger charge is 2.13. The van der Waals surface area contributed by atoms with Crippen molar-refractivity contribution >= 4 is 23.0 Å². The smallest absolute Gasteiger partial charge is 0.387 e. The van der Waals surface area contributed by atoms with Crippen LogP contribution in [-0.2, 0) is 13.6 Å². The molecular weight excluding hydrogens is 322 g/mol. The van der Waals surface area contributed by atoms with Crippen molar-refractivity contribution in [2.45, 2.75) is 20.1 Å². The number of thiocarbonyl (C=S) groups is 1. The Hall–Kier alpha value is -2.22. The van der Waals surface area contributed by atoms with Gasteiger partial charge >= 0.3 is 6.61 Å². The van der Waals surface area contributed by atoms with Gasteiger partial charge in [-0.05, 0) is 42.9 Å². The van der Waals surface area contributed by atoms with Crippen molar-refractivity contribution in [3.8, 4) is 5.75 Å². The third kappa shape index (κ3) is 4.88. The molecule has 23 heavy (non-hydrogen) atoms. The number of aromatic nitrogens is 2. The lowest BCUT2D eigenvalue weighted by Gasteiger charge is -2.21. The lowest BCUT2D eigenvalue weighted by Crippen LogP contribution is -2.31. The second-order valence-electron chi connectivity index (χ2n) is 5.15. The molecule has 0 spiro atoms. The Morgan fingerprint density at radius 2 is 2.17 bits per heavy atom. The number of nitrogens with zero attached hydrogens (tertiary/aromatic N) is 3. The maximum absolute atomic E-state index is 12.5. The second-order valence-corrected chi connectivity index (χ2v) is 5.53. The van der Waals surface area contributed by atoms with Crippen LogP contribution in [0.3, 0.4) is 0 Å². The predicted octanol–water partition coefficient (Wildman–Crippen LogP) is 3.16. The summed E-state index contributed by atoms with van der Waals surface area (Å²) in [5, 5.41) is 7.59. The van der Waals surface area contributed by atoms with Crippen LogP contribution in [0.25, 0.3) is 0 Å². The van der Waals surface area contributed by atoms with Crippen molar-refractivity contribution in [3.05, 3.63) is 41.7 Å². The summed E-state index contributed by atoms with van der Waals surface area (Å²) in [6, 6.07) is 6.88. The molecule has 124 valence electrons. The number of alkyl halides is 2. The van der Waals surface area contributed by atoms with Crippen molar-refractivity contribution < 1.29 is 13.5 Å². The van der Waals surface area contributed by atoms with E-state index < -0.39 is 6.61 Å². The molecule has 0 bridgehead atoms. The monoisotopic (exact) mass is 340 g/mol. The van der Waals surface area contributed by atoms with Gasteiger partial charge in [-0.25, -0.2) is 0 Å². The van der Waals surface area contributed by atoms with Crippen LogP contribution in [0, 0.1) is 6.92 Å². The first-order chi connectivity index (χ1) is 10.8. The summed E-state index contributed by atoms with van der Waals surface area (Å²) < 4.78 is 31.3. The Labute approximate surface area is 138 Å². The summed E-state index contributed by atoms with van der Waals surface area (Å²) in [6.07, 6.45) is 1.84. The second kappa shape index (κ2) is 7.36. The highest BCUT2D eigenvalue weighted by atomic mass is 32.1. The summed E-state index contributed by atoms with van der Waals surface area (Å²) in [7, 11) is 3.63. The Bertz CT molecular complexity index is 690. The summed E-state index contributed by atoms with van der Waals surface area (Å²) in [5.41, 5.74) is 2.07. The standard InChI is InChI=1S/C15H18F2N4OS/c1-10-4-5-12(13(8-10)22-14(16)17)18-15(23)20(2)9-11-6-7-21(3)19-11/h4-8,14H,9H2,1-3H3,(H,18,23).